The standard InChI is InChI=1S/C20H31NO3/c1-19-10-8-14-12(13(19)5-6-15(19)18(23)24)4-7-16-20(14,2)11-9-17(22)21(16)3/h12-16H,4-11H2,1-3H3,(H,23,24)/t12-,13-,14-,15+,16+,19-,20+/m0/s1. The molecule has 0 unspecified atom stereocenters. The molecule has 4 nitrogen and oxygen atoms in total. The summed E-state index contributed by atoms with van der Waals surface area (Å²) >= 11 is 0. The van der Waals surface area contributed by atoms with Crippen LogP contribution in [0.5, 0.6) is 0 Å². The summed E-state index contributed by atoms with van der Waals surface area (Å²) in [5, 5.41) is 9.67. The van der Waals surface area contributed by atoms with Crippen molar-refractivity contribution in [1.82, 2.24) is 4.90 Å². The Bertz CT molecular complexity index is 575. The van der Waals surface area contributed by atoms with E-state index in [1.165, 1.54) is 6.42 Å². The number of carboxylic acid groups (broad SMARTS) is 1. The van der Waals surface area contributed by atoms with Gasteiger partial charge >= 0.3 is 5.97 Å². The van der Waals surface area contributed by atoms with Crippen LogP contribution in [-0.2, 0) is 9.59 Å². The highest BCUT2D eigenvalue weighted by Crippen LogP contribution is 2.66. The Morgan fingerprint density at radius 1 is 1.04 bits per heavy atom. The molecule has 1 N–H and O–H groups in total. The highest BCUT2D eigenvalue weighted by atomic mass is 16.4. The van der Waals surface area contributed by atoms with Crippen molar-refractivity contribution in [3.63, 3.8) is 0 Å². The van der Waals surface area contributed by atoms with Crippen molar-refractivity contribution in [3.05, 3.63) is 0 Å². The molecule has 0 radical (unpaired) electrons. The molecule has 7 atom stereocenters. The van der Waals surface area contributed by atoms with Crippen LogP contribution in [-0.4, -0.2) is 35.0 Å². The number of hydrogen-bond donors (Lipinski definition) is 1. The molecule has 3 aliphatic carbocycles. The Labute approximate surface area is 145 Å². The molecule has 1 heterocycles. The van der Waals surface area contributed by atoms with Gasteiger partial charge in [0.05, 0.1) is 5.92 Å². The van der Waals surface area contributed by atoms with Gasteiger partial charge in [0.2, 0.25) is 5.91 Å². The van der Waals surface area contributed by atoms with Crippen LogP contribution in [0.25, 0.3) is 0 Å². The smallest absolute Gasteiger partial charge is 0.307 e. The van der Waals surface area contributed by atoms with Gasteiger partial charge in [0.15, 0.2) is 0 Å². The molecule has 0 aromatic carbocycles. The zero-order valence-electron chi connectivity index (χ0n) is 15.3. The third-order valence-electron chi connectivity index (χ3n) is 8.86. The van der Waals surface area contributed by atoms with Gasteiger partial charge in [0.25, 0.3) is 0 Å². The maximum Gasteiger partial charge on any atom is 0.307 e. The van der Waals surface area contributed by atoms with Crippen LogP contribution in [0.15, 0.2) is 0 Å². The molecule has 4 heteroatoms. The lowest BCUT2D eigenvalue weighted by molar-refractivity contribution is -0.163. The van der Waals surface area contributed by atoms with Crippen LogP contribution in [0, 0.1) is 34.5 Å². The van der Waals surface area contributed by atoms with Crippen LogP contribution in [0.3, 0.4) is 0 Å². The number of carbonyl (C=O) groups excluding carboxylic acids is 1. The van der Waals surface area contributed by atoms with E-state index in [-0.39, 0.29) is 16.7 Å². The van der Waals surface area contributed by atoms with Crippen LogP contribution in [0.1, 0.15) is 65.2 Å². The first-order chi connectivity index (χ1) is 11.3. The summed E-state index contributed by atoms with van der Waals surface area (Å²) in [6.45, 7) is 4.67. The number of hydrogen-bond acceptors (Lipinski definition) is 2. The van der Waals surface area contributed by atoms with Gasteiger partial charge in [-0.15, -0.1) is 0 Å². The second-order valence-electron chi connectivity index (χ2n) is 9.49. The van der Waals surface area contributed by atoms with Crippen LogP contribution >= 0.6 is 0 Å². The fourth-order valence-electron chi connectivity index (χ4n) is 7.56. The first-order valence-corrected chi connectivity index (χ1v) is 9.77. The molecule has 4 rings (SSSR count). The fourth-order valence-corrected chi connectivity index (χ4v) is 7.56. The first kappa shape index (κ1) is 16.4. The number of aliphatic carboxylic acids is 1. The summed E-state index contributed by atoms with van der Waals surface area (Å²) in [7, 11) is 1.99. The number of rotatable bonds is 1. The monoisotopic (exact) mass is 333 g/mol. The summed E-state index contributed by atoms with van der Waals surface area (Å²) in [5.41, 5.74) is 0.223. The molecule has 0 spiro atoms. The summed E-state index contributed by atoms with van der Waals surface area (Å²) in [5.74, 6) is 1.47. The predicted octanol–water partition coefficient (Wildman–Crippen LogP) is 3.55. The highest BCUT2D eigenvalue weighted by Gasteiger charge is 2.62. The minimum absolute atomic E-state index is 0.00736. The molecule has 1 amide bonds. The maximum atomic E-state index is 12.2. The first-order valence-electron chi connectivity index (χ1n) is 9.77. The Morgan fingerprint density at radius 3 is 2.46 bits per heavy atom. The van der Waals surface area contributed by atoms with E-state index in [1.807, 2.05) is 11.9 Å². The van der Waals surface area contributed by atoms with Gasteiger partial charge in [0, 0.05) is 19.5 Å². The van der Waals surface area contributed by atoms with Gasteiger partial charge < -0.3 is 10.0 Å². The Kier molecular flexibility index (Phi) is 3.57. The predicted molar refractivity (Wildman–Crippen MR) is 91.3 cm³/mol. The second-order valence-corrected chi connectivity index (χ2v) is 9.49. The highest BCUT2D eigenvalue weighted by molar-refractivity contribution is 5.77. The Morgan fingerprint density at radius 2 is 1.75 bits per heavy atom. The van der Waals surface area contributed by atoms with E-state index in [2.05, 4.69) is 13.8 Å². The van der Waals surface area contributed by atoms with E-state index in [4.69, 9.17) is 0 Å². The van der Waals surface area contributed by atoms with Crippen molar-refractivity contribution in [2.75, 3.05) is 7.05 Å². The van der Waals surface area contributed by atoms with Gasteiger partial charge in [-0.05, 0) is 73.5 Å². The number of amides is 1. The summed E-state index contributed by atoms with van der Waals surface area (Å²) in [6, 6.07) is 0.390. The largest absolute Gasteiger partial charge is 0.481 e. The van der Waals surface area contributed by atoms with Crippen LogP contribution in [0.4, 0.5) is 0 Å². The lowest BCUT2D eigenvalue weighted by atomic mass is 9.47. The Hall–Kier alpha value is -1.06. The molecule has 4 fully saturated rings. The quantitative estimate of drug-likeness (QED) is 0.798. The van der Waals surface area contributed by atoms with Crippen molar-refractivity contribution in [1.29, 1.82) is 0 Å². The van der Waals surface area contributed by atoms with E-state index in [0.717, 1.165) is 38.5 Å². The lowest BCUT2D eigenvalue weighted by Gasteiger charge is -2.61. The molecule has 0 aromatic rings. The summed E-state index contributed by atoms with van der Waals surface area (Å²) in [6.07, 6.45) is 8.13. The topological polar surface area (TPSA) is 57.6 Å². The van der Waals surface area contributed by atoms with Gasteiger partial charge in [-0.25, -0.2) is 0 Å². The fraction of sp³-hybridized carbons (Fsp3) is 0.900. The molecule has 1 saturated heterocycles. The van der Waals surface area contributed by atoms with E-state index >= 15 is 0 Å². The number of likely N-dealkylation sites (tertiary alicyclic amines) is 1. The number of fused-ring (bicyclic) bond motifs is 5. The molecule has 134 valence electrons. The molecular weight excluding hydrogens is 302 g/mol. The van der Waals surface area contributed by atoms with Crippen molar-refractivity contribution < 1.29 is 14.7 Å². The Balaban J connectivity index is 1.64. The number of carbonyl (C=O) groups is 2. The SMILES string of the molecule is CN1C(=O)CC[C@]2(C)[C@H]3CC[C@]4(C)[C@@H](C(=O)O)CC[C@H]4[C@@H]3CC[C@@H]12. The summed E-state index contributed by atoms with van der Waals surface area (Å²) < 4.78 is 0. The number of nitrogens with zero attached hydrogens (tertiary/aromatic N) is 1. The molecular formula is C20H31NO3. The van der Waals surface area contributed by atoms with Crippen LogP contribution < -0.4 is 0 Å². The van der Waals surface area contributed by atoms with Gasteiger partial charge in [0.1, 0.15) is 0 Å². The molecule has 0 aromatic heterocycles. The van der Waals surface area contributed by atoms with Crippen molar-refractivity contribution in [2.24, 2.45) is 34.5 Å². The van der Waals surface area contributed by atoms with Crippen molar-refractivity contribution in [2.45, 2.75) is 71.3 Å². The molecule has 3 saturated carbocycles. The zero-order chi connectivity index (χ0) is 17.3. The zero-order valence-corrected chi connectivity index (χ0v) is 15.3. The van der Waals surface area contributed by atoms with E-state index in [0.29, 0.717) is 36.1 Å². The van der Waals surface area contributed by atoms with E-state index < -0.39 is 5.97 Å². The van der Waals surface area contributed by atoms with Gasteiger partial charge in [-0.3, -0.25) is 9.59 Å². The minimum atomic E-state index is -0.582. The molecule has 4 aliphatic rings. The maximum absolute atomic E-state index is 12.2. The van der Waals surface area contributed by atoms with Crippen molar-refractivity contribution in [3.8, 4) is 0 Å². The third kappa shape index (κ3) is 1.97. The normalized spacial score (nSPS) is 50.9. The van der Waals surface area contributed by atoms with E-state index in [1.54, 1.807) is 0 Å². The van der Waals surface area contributed by atoms with Crippen molar-refractivity contribution >= 4 is 11.9 Å². The average molecular weight is 333 g/mol. The van der Waals surface area contributed by atoms with Crippen LogP contribution in [0.2, 0.25) is 0 Å². The molecule has 24 heavy (non-hydrogen) atoms. The average Bonchev–Trinajstić information content (AvgIpc) is 2.89. The number of carboxylic acids is 1. The minimum Gasteiger partial charge on any atom is -0.481 e. The van der Waals surface area contributed by atoms with E-state index in [9.17, 15) is 14.7 Å². The van der Waals surface area contributed by atoms with Gasteiger partial charge in [-0.2, -0.15) is 0 Å². The molecule has 1 aliphatic heterocycles. The lowest BCUT2D eigenvalue weighted by Crippen LogP contribution is -2.61. The van der Waals surface area contributed by atoms with Gasteiger partial charge in [-0.1, -0.05) is 13.8 Å². The second kappa shape index (κ2) is 5.22. The number of piperidine rings is 1. The molecule has 0 bridgehead atoms. The third-order valence-corrected chi connectivity index (χ3v) is 8.86. The summed E-state index contributed by atoms with van der Waals surface area (Å²) in [4.78, 5) is 25.9.